The number of hydrogen-bond donors (Lipinski definition) is 1. The van der Waals surface area contributed by atoms with Crippen molar-refractivity contribution in [2.24, 2.45) is 0 Å². The first-order chi connectivity index (χ1) is 13.8. The fourth-order valence-corrected chi connectivity index (χ4v) is 4.48. The molecule has 1 aromatic carbocycles. The Bertz CT molecular complexity index is 505. The highest BCUT2D eigenvalue weighted by atomic mass is 127. The van der Waals surface area contributed by atoms with Crippen LogP contribution >= 0.6 is 21.2 Å². The molecule has 0 radical (unpaired) electrons. The van der Waals surface area contributed by atoms with E-state index in [2.05, 4.69) is 6.92 Å². The Kier molecular flexibility index (Phi) is 16.7. The Morgan fingerprint density at radius 3 is 1.68 bits per heavy atom. The van der Waals surface area contributed by atoms with Gasteiger partial charge in [0.2, 0.25) is 0 Å². The summed E-state index contributed by atoms with van der Waals surface area (Å²) in [6.07, 6.45) is 21.7. The smallest absolute Gasteiger partial charge is 0.189 e. The molecule has 0 amide bonds. The third kappa shape index (κ3) is 12.7. The van der Waals surface area contributed by atoms with Gasteiger partial charge in [0.25, 0.3) is 0 Å². The van der Waals surface area contributed by atoms with E-state index in [4.69, 9.17) is 4.74 Å². The predicted octanol–water partition coefficient (Wildman–Crippen LogP) is 8.52. The number of aromatic hydroxyl groups is 1. The first-order valence-corrected chi connectivity index (χ1v) is 13.5. The second kappa shape index (κ2) is 18.4. The molecule has 3 nitrogen and oxygen atoms in total. The first kappa shape index (κ1) is 25.4. The first-order valence-electron chi connectivity index (χ1n) is 11.5. The number of ether oxygens (including phenoxy) is 1. The van der Waals surface area contributed by atoms with Crippen LogP contribution in [0.15, 0.2) is 18.2 Å². The molecule has 1 N–H and O–H groups in total. The van der Waals surface area contributed by atoms with Gasteiger partial charge in [-0.2, -0.15) is 0 Å². The molecule has 0 bridgehead atoms. The molecule has 0 aliphatic heterocycles. The number of phenols is 1. The van der Waals surface area contributed by atoms with Crippen LogP contribution in [0, 0.1) is 3.57 Å². The monoisotopic (exact) mass is 504 g/mol. The molecular formula is C24H41IO3. The molecule has 0 saturated carbocycles. The van der Waals surface area contributed by atoms with E-state index in [-0.39, 0.29) is 5.75 Å². The third-order valence-electron chi connectivity index (χ3n) is 5.28. The Morgan fingerprint density at radius 1 is 0.750 bits per heavy atom. The lowest BCUT2D eigenvalue weighted by Gasteiger charge is -2.08. The third-order valence-corrected chi connectivity index (χ3v) is 6.80. The lowest BCUT2D eigenvalue weighted by molar-refractivity contribution is 0.300. The lowest BCUT2D eigenvalue weighted by atomic mass is 10.0. The van der Waals surface area contributed by atoms with Gasteiger partial charge in [-0.1, -0.05) is 109 Å². The fraction of sp³-hybridized carbons (Fsp3) is 0.750. The van der Waals surface area contributed by atoms with E-state index in [9.17, 15) is 8.18 Å². The molecule has 28 heavy (non-hydrogen) atoms. The van der Waals surface area contributed by atoms with Gasteiger partial charge in [0.05, 0.1) is 6.61 Å². The van der Waals surface area contributed by atoms with Crippen molar-refractivity contribution in [3.63, 3.8) is 0 Å². The highest BCUT2D eigenvalue weighted by Crippen LogP contribution is 2.31. The maximum absolute atomic E-state index is 11.2. The van der Waals surface area contributed by atoms with Crippen LogP contribution in [0.3, 0.4) is 0 Å². The number of unbranched alkanes of at least 4 members (excludes halogenated alkanes) is 15. The van der Waals surface area contributed by atoms with Crippen molar-refractivity contribution >= 4 is 21.2 Å². The van der Waals surface area contributed by atoms with Gasteiger partial charge in [-0.3, -0.25) is 3.07 Å². The van der Waals surface area contributed by atoms with Crippen molar-refractivity contribution in [1.29, 1.82) is 0 Å². The van der Waals surface area contributed by atoms with E-state index in [1.165, 1.54) is 96.3 Å². The zero-order valence-corrected chi connectivity index (χ0v) is 20.1. The minimum Gasteiger partial charge on any atom is -0.507 e. The summed E-state index contributed by atoms with van der Waals surface area (Å²) in [6, 6.07) is 5.09. The maximum atomic E-state index is 11.2. The molecule has 1 aromatic rings. The van der Waals surface area contributed by atoms with Crippen LogP contribution in [-0.4, -0.2) is 11.7 Å². The van der Waals surface area contributed by atoms with E-state index >= 15 is 0 Å². The lowest BCUT2D eigenvalue weighted by Crippen LogP contribution is -1.99. The molecule has 0 saturated heterocycles. The second-order valence-corrected chi connectivity index (χ2v) is 9.34. The average molecular weight is 504 g/mol. The summed E-state index contributed by atoms with van der Waals surface area (Å²) in [6.45, 7) is 2.92. The molecule has 0 heterocycles. The SMILES string of the molecule is CCCCCCCCCCCCCCCCCCOc1cccc(O)c1I=O. The fourth-order valence-electron chi connectivity index (χ4n) is 3.52. The zero-order valence-electron chi connectivity index (χ0n) is 17.9. The molecule has 4 heteroatoms. The summed E-state index contributed by atoms with van der Waals surface area (Å²) in [5, 5.41) is 9.68. The van der Waals surface area contributed by atoms with Crippen molar-refractivity contribution in [2.75, 3.05) is 6.61 Å². The largest absolute Gasteiger partial charge is 0.507 e. The minimum absolute atomic E-state index is 0.0901. The highest BCUT2D eigenvalue weighted by Gasteiger charge is 2.08. The Hall–Kier alpha value is -0.650. The van der Waals surface area contributed by atoms with Gasteiger partial charge in [0.15, 0.2) is 21.2 Å². The van der Waals surface area contributed by atoms with Crippen molar-refractivity contribution in [2.45, 2.75) is 110 Å². The molecule has 162 valence electrons. The van der Waals surface area contributed by atoms with Gasteiger partial charge < -0.3 is 9.84 Å². The van der Waals surface area contributed by atoms with Gasteiger partial charge in [-0.25, -0.2) is 0 Å². The zero-order chi connectivity index (χ0) is 20.3. The summed E-state index contributed by atoms with van der Waals surface area (Å²) in [5.41, 5.74) is 0. The molecule has 1 rings (SSSR count). The van der Waals surface area contributed by atoms with E-state index < -0.39 is 21.2 Å². The minimum atomic E-state index is -1.41. The van der Waals surface area contributed by atoms with Crippen LogP contribution in [0.1, 0.15) is 110 Å². The van der Waals surface area contributed by atoms with Crippen LogP contribution in [0.25, 0.3) is 0 Å². The second-order valence-electron chi connectivity index (χ2n) is 7.82. The van der Waals surface area contributed by atoms with Crippen LogP contribution in [-0.2, 0) is 3.07 Å². The Morgan fingerprint density at radius 2 is 1.21 bits per heavy atom. The van der Waals surface area contributed by atoms with Gasteiger partial charge in [0.1, 0.15) is 15.1 Å². The number of rotatable bonds is 19. The number of benzene rings is 1. The van der Waals surface area contributed by atoms with Crippen molar-refractivity contribution in [1.82, 2.24) is 0 Å². The predicted molar refractivity (Wildman–Crippen MR) is 127 cm³/mol. The van der Waals surface area contributed by atoms with Crippen molar-refractivity contribution in [3.05, 3.63) is 21.8 Å². The topological polar surface area (TPSA) is 46.5 Å². The standard InChI is InChI=1S/C24H41IO3/c1-2-3-4-5-6-7-8-9-10-11-12-13-14-15-16-17-21-28-23-20-18-19-22(26)24(23)25-27/h18-20,26H,2-17,21H2,1H3. The van der Waals surface area contributed by atoms with Gasteiger partial charge in [-0.05, 0) is 18.6 Å². The van der Waals surface area contributed by atoms with E-state index in [1.807, 2.05) is 0 Å². The van der Waals surface area contributed by atoms with Crippen molar-refractivity contribution < 1.29 is 12.9 Å². The summed E-state index contributed by atoms with van der Waals surface area (Å²) in [4.78, 5) is 0. The van der Waals surface area contributed by atoms with Crippen molar-refractivity contribution in [3.8, 4) is 11.5 Å². The van der Waals surface area contributed by atoms with Gasteiger partial charge in [0, 0.05) is 0 Å². The Balaban J connectivity index is 1.84. The maximum Gasteiger partial charge on any atom is 0.189 e. The van der Waals surface area contributed by atoms with E-state index in [1.54, 1.807) is 18.2 Å². The van der Waals surface area contributed by atoms with Gasteiger partial charge in [-0.15, -0.1) is 0 Å². The molecule has 0 aliphatic carbocycles. The number of hydrogen-bond acceptors (Lipinski definition) is 3. The molecule has 0 fully saturated rings. The quantitative estimate of drug-likeness (QED) is 0.152. The molecule has 0 unspecified atom stereocenters. The average Bonchev–Trinajstić information content (AvgIpc) is 2.70. The molecule has 0 aromatic heterocycles. The number of phenolic OH excluding ortho intramolecular Hbond substituents is 1. The summed E-state index contributed by atoms with van der Waals surface area (Å²) >= 11 is -1.41. The van der Waals surface area contributed by atoms with Crippen LogP contribution in [0.5, 0.6) is 11.5 Å². The molecule has 0 spiro atoms. The number of halogens is 1. The highest BCUT2D eigenvalue weighted by molar-refractivity contribution is 14.1. The summed E-state index contributed by atoms with van der Waals surface area (Å²) in [5.74, 6) is 0.677. The van der Waals surface area contributed by atoms with Crippen LogP contribution in [0.2, 0.25) is 0 Å². The van der Waals surface area contributed by atoms with Crippen LogP contribution < -0.4 is 4.74 Å². The normalized spacial score (nSPS) is 11.0. The Labute approximate surface area is 183 Å². The molecule has 0 atom stereocenters. The summed E-state index contributed by atoms with van der Waals surface area (Å²) in [7, 11) is 0. The summed E-state index contributed by atoms with van der Waals surface area (Å²) < 4.78 is 17.4. The van der Waals surface area contributed by atoms with E-state index in [0.717, 1.165) is 6.42 Å². The molecular weight excluding hydrogens is 463 g/mol. The molecule has 0 aliphatic rings. The van der Waals surface area contributed by atoms with E-state index in [0.29, 0.717) is 15.9 Å². The van der Waals surface area contributed by atoms with Crippen LogP contribution in [0.4, 0.5) is 0 Å². The van der Waals surface area contributed by atoms with Gasteiger partial charge >= 0.3 is 0 Å².